The zero-order valence-electron chi connectivity index (χ0n) is 16.6. The fourth-order valence-corrected chi connectivity index (χ4v) is 3.65. The zero-order chi connectivity index (χ0) is 21.7. The lowest BCUT2D eigenvalue weighted by Gasteiger charge is -2.33. The third-order valence-corrected chi connectivity index (χ3v) is 5.22. The van der Waals surface area contributed by atoms with E-state index in [0.29, 0.717) is 30.6 Å². The SMILES string of the molecule is NC(C(=O)NC1C[C@@H](O)C[C@@H](CO)O1)c1ccc(O[C@H]2C[C@@H](O)C[C@@H](CO)O2)cc1. The number of hydrogen-bond donors (Lipinski definition) is 6. The molecule has 0 aromatic heterocycles. The van der Waals surface area contributed by atoms with E-state index in [1.54, 1.807) is 24.3 Å². The fourth-order valence-electron chi connectivity index (χ4n) is 3.65. The molecule has 2 heterocycles. The molecule has 2 unspecified atom stereocenters. The van der Waals surface area contributed by atoms with Crippen molar-refractivity contribution in [1.29, 1.82) is 0 Å². The van der Waals surface area contributed by atoms with Gasteiger partial charge in [-0.05, 0) is 17.7 Å². The number of nitrogens with two attached hydrogens (primary N) is 1. The molecule has 2 aliphatic heterocycles. The van der Waals surface area contributed by atoms with Crippen molar-refractivity contribution in [3.05, 3.63) is 29.8 Å². The van der Waals surface area contributed by atoms with Crippen LogP contribution in [0.2, 0.25) is 0 Å². The molecule has 0 saturated carbocycles. The van der Waals surface area contributed by atoms with Crippen molar-refractivity contribution < 1.29 is 39.4 Å². The van der Waals surface area contributed by atoms with Crippen molar-refractivity contribution in [3.8, 4) is 5.75 Å². The number of nitrogens with one attached hydrogen (secondary N) is 1. The number of benzene rings is 1. The summed E-state index contributed by atoms with van der Waals surface area (Å²) in [5.74, 6) is 0.00986. The van der Waals surface area contributed by atoms with Gasteiger partial charge in [-0.3, -0.25) is 4.79 Å². The second kappa shape index (κ2) is 10.5. The maximum atomic E-state index is 12.5. The van der Waals surface area contributed by atoms with Gasteiger partial charge in [-0.25, -0.2) is 0 Å². The van der Waals surface area contributed by atoms with Crippen LogP contribution in [0, 0.1) is 0 Å². The Kier molecular flexibility index (Phi) is 8.00. The van der Waals surface area contributed by atoms with Gasteiger partial charge in [0.25, 0.3) is 0 Å². The first-order chi connectivity index (χ1) is 14.4. The molecule has 168 valence electrons. The number of amides is 1. The van der Waals surface area contributed by atoms with Gasteiger partial charge in [-0.2, -0.15) is 0 Å². The first-order valence-corrected chi connectivity index (χ1v) is 10.1. The summed E-state index contributed by atoms with van der Waals surface area (Å²) in [5.41, 5.74) is 6.59. The molecule has 0 radical (unpaired) electrons. The minimum absolute atomic E-state index is 0.194. The van der Waals surface area contributed by atoms with E-state index in [4.69, 9.17) is 19.9 Å². The van der Waals surface area contributed by atoms with Crippen molar-refractivity contribution in [3.63, 3.8) is 0 Å². The fraction of sp³-hybridized carbons (Fsp3) is 0.650. The van der Waals surface area contributed by atoms with Gasteiger partial charge in [-0.1, -0.05) is 12.1 Å². The summed E-state index contributed by atoms with van der Waals surface area (Å²) in [4.78, 5) is 12.5. The van der Waals surface area contributed by atoms with Crippen LogP contribution in [-0.4, -0.2) is 76.5 Å². The van der Waals surface area contributed by atoms with Gasteiger partial charge < -0.3 is 45.7 Å². The third kappa shape index (κ3) is 6.11. The highest BCUT2D eigenvalue weighted by atomic mass is 16.7. The van der Waals surface area contributed by atoms with Crippen LogP contribution < -0.4 is 15.8 Å². The molecule has 10 nitrogen and oxygen atoms in total. The lowest BCUT2D eigenvalue weighted by molar-refractivity contribution is -0.184. The van der Waals surface area contributed by atoms with Crippen LogP contribution in [0.25, 0.3) is 0 Å². The van der Waals surface area contributed by atoms with Crippen LogP contribution in [0.5, 0.6) is 5.75 Å². The van der Waals surface area contributed by atoms with E-state index < -0.39 is 48.9 Å². The van der Waals surface area contributed by atoms with Crippen molar-refractivity contribution in [2.24, 2.45) is 5.73 Å². The summed E-state index contributed by atoms with van der Waals surface area (Å²) < 4.78 is 16.8. The van der Waals surface area contributed by atoms with Gasteiger partial charge in [-0.15, -0.1) is 0 Å². The van der Waals surface area contributed by atoms with Crippen LogP contribution in [0.1, 0.15) is 37.3 Å². The Bertz CT molecular complexity index is 688. The van der Waals surface area contributed by atoms with Crippen LogP contribution in [0.4, 0.5) is 0 Å². The Hall–Kier alpha value is -1.79. The predicted molar refractivity (Wildman–Crippen MR) is 104 cm³/mol. The highest BCUT2D eigenvalue weighted by Gasteiger charge is 2.31. The third-order valence-electron chi connectivity index (χ3n) is 5.22. The average Bonchev–Trinajstić information content (AvgIpc) is 2.72. The molecule has 30 heavy (non-hydrogen) atoms. The van der Waals surface area contributed by atoms with Crippen LogP contribution >= 0.6 is 0 Å². The van der Waals surface area contributed by atoms with Crippen molar-refractivity contribution >= 4 is 5.91 Å². The predicted octanol–water partition coefficient (Wildman–Crippen LogP) is -1.10. The summed E-state index contributed by atoms with van der Waals surface area (Å²) in [5, 5.41) is 40.8. The molecular formula is C20H30N2O8. The minimum Gasteiger partial charge on any atom is -0.465 e. The van der Waals surface area contributed by atoms with Crippen LogP contribution in [-0.2, 0) is 14.3 Å². The molecule has 2 aliphatic rings. The number of aliphatic hydroxyl groups excluding tert-OH is 4. The quantitative estimate of drug-likeness (QED) is 0.317. The van der Waals surface area contributed by atoms with Crippen molar-refractivity contribution in [2.75, 3.05) is 13.2 Å². The average molecular weight is 426 g/mol. The first-order valence-electron chi connectivity index (χ1n) is 10.1. The molecule has 0 aliphatic carbocycles. The molecule has 2 saturated heterocycles. The molecule has 3 rings (SSSR count). The smallest absolute Gasteiger partial charge is 0.243 e. The van der Waals surface area contributed by atoms with Gasteiger partial charge in [0.1, 0.15) is 18.0 Å². The first kappa shape index (κ1) is 22.9. The monoisotopic (exact) mass is 426 g/mol. The van der Waals surface area contributed by atoms with Gasteiger partial charge in [0, 0.05) is 25.7 Å². The Morgan fingerprint density at radius 2 is 1.63 bits per heavy atom. The van der Waals surface area contributed by atoms with Gasteiger partial charge in [0.15, 0.2) is 0 Å². The zero-order valence-corrected chi connectivity index (χ0v) is 16.6. The second-order valence-corrected chi connectivity index (χ2v) is 7.72. The normalized spacial score (nSPS) is 33.0. The van der Waals surface area contributed by atoms with E-state index in [0.717, 1.165) is 0 Å². The molecule has 7 atom stereocenters. The number of rotatable bonds is 7. The van der Waals surface area contributed by atoms with E-state index in [1.165, 1.54) is 0 Å². The molecule has 0 spiro atoms. The lowest BCUT2D eigenvalue weighted by Crippen LogP contribution is -2.49. The molecule has 10 heteroatoms. The Balaban J connectivity index is 1.54. The van der Waals surface area contributed by atoms with Crippen LogP contribution in [0.15, 0.2) is 24.3 Å². The minimum atomic E-state index is -0.958. The summed E-state index contributed by atoms with van der Waals surface area (Å²) in [6.07, 6.45) is -2.48. The summed E-state index contributed by atoms with van der Waals surface area (Å²) in [7, 11) is 0. The molecule has 1 aromatic rings. The lowest BCUT2D eigenvalue weighted by atomic mass is 10.0. The number of aliphatic hydroxyl groups is 4. The van der Waals surface area contributed by atoms with Crippen molar-refractivity contribution in [1.82, 2.24) is 5.32 Å². The van der Waals surface area contributed by atoms with E-state index in [-0.39, 0.29) is 19.6 Å². The number of carbonyl (C=O) groups excluding carboxylic acids is 1. The Morgan fingerprint density at radius 1 is 1.03 bits per heavy atom. The van der Waals surface area contributed by atoms with E-state index >= 15 is 0 Å². The summed E-state index contributed by atoms with van der Waals surface area (Å²) >= 11 is 0. The van der Waals surface area contributed by atoms with E-state index in [1.807, 2.05) is 0 Å². The molecule has 1 aromatic carbocycles. The number of carbonyl (C=O) groups is 1. The molecule has 0 bridgehead atoms. The molecule has 7 N–H and O–H groups in total. The Labute approximate surface area is 174 Å². The maximum absolute atomic E-state index is 12.5. The number of hydrogen-bond acceptors (Lipinski definition) is 9. The standard InChI is InChI=1S/C20H30N2O8/c21-19(20(27)22-17-7-12(25)5-15(9-23)28-17)11-1-3-14(4-2-11)29-18-8-13(26)6-16(10-24)30-18/h1-4,12-13,15-19,23-26H,5-10,21H2,(H,22,27)/t12-,13-,15-,16-,17?,18+,19?/m0/s1. The molecule has 1 amide bonds. The summed E-state index contributed by atoms with van der Waals surface area (Å²) in [6, 6.07) is 5.62. The Morgan fingerprint density at radius 3 is 2.27 bits per heavy atom. The molecule has 2 fully saturated rings. The van der Waals surface area contributed by atoms with E-state index in [9.17, 15) is 25.2 Å². The van der Waals surface area contributed by atoms with E-state index in [2.05, 4.69) is 5.32 Å². The largest absolute Gasteiger partial charge is 0.465 e. The van der Waals surface area contributed by atoms with Crippen molar-refractivity contribution in [2.45, 2.75) is 68.7 Å². The van der Waals surface area contributed by atoms with Gasteiger partial charge in [0.05, 0.1) is 37.6 Å². The highest BCUT2D eigenvalue weighted by Crippen LogP contribution is 2.25. The number of ether oxygens (including phenoxy) is 3. The molecular weight excluding hydrogens is 396 g/mol. The van der Waals surface area contributed by atoms with Gasteiger partial charge in [0.2, 0.25) is 12.2 Å². The van der Waals surface area contributed by atoms with Gasteiger partial charge >= 0.3 is 0 Å². The topological polar surface area (TPSA) is 164 Å². The summed E-state index contributed by atoms with van der Waals surface area (Å²) in [6.45, 7) is -0.432. The highest BCUT2D eigenvalue weighted by molar-refractivity contribution is 5.83. The second-order valence-electron chi connectivity index (χ2n) is 7.72. The van der Waals surface area contributed by atoms with Crippen LogP contribution in [0.3, 0.4) is 0 Å². The maximum Gasteiger partial charge on any atom is 0.243 e.